The molecule has 2 heteroatoms. The Morgan fingerprint density at radius 3 is 2.19 bits per heavy atom. The standard InChI is InChI=1S/C39H28N2.C2H6/c1-2-12-27(13-3-1)29-15-10-16-30(26-29)31-17-6-7-19-33(31)36-21-11-23-38(40-36)41-37-22-9-8-20-34(37)35-25-24-28-14-4-5-18-32(28)39(35)41;1-2/h1-7,9-19,21-26H,8,20H2;1-2H3. The lowest BCUT2D eigenvalue weighted by atomic mass is 9.94. The van der Waals surface area contributed by atoms with Crippen molar-refractivity contribution >= 4 is 27.8 Å². The Kier molecular flexibility index (Phi) is 7.18. The molecule has 0 fully saturated rings. The smallest absolute Gasteiger partial charge is 0.138 e. The van der Waals surface area contributed by atoms with Crippen LogP contribution in [0.1, 0.15) is 31.5 Å². The summed E-state index contributed by atoms with van der Waals surface area (Å²) < 4.78 is 2.38. The Morgan fingerprint density at radius 2 is 1.30 bits per heavy atom. The van der Waals surface area contributed by atoms with E-state index in [1.165, 1.54) is 55.2 Å². The SMILES string of the molecule is C1=Cc2c(c3ccc4ccccc4c3n2-c2cccc(-c3ccccc3-c3cccc(-c4ccccc4)c3)n2)CC1.CC. The van der Waals surface area contributed by atoms with Gasteiger partial charge in [0.25, 0.3) is 0 Å². The number of pyridine rings is 1. The monoisotopic (exact) mass is 554 g/mol. The van der Waals surface area contributed by atoms with Gasteiger partial charge < -0.3 is 0 Å². The van der Waals surface area contributed by atoms with Gasteiger partial charge in [0.05, 0.1) is 16.9 Å². The topological polar surface area (TPSA) is 17.8 Å². The molecule has 43 heavy (non-hydrogen) atoms. The van der Waals surface area contributed by atoms with E-state index in [-0.39, 0.29) is 0 Å². The molecule has 0 amide bonds. The molecule has 0 bridgehead atoms. The van der Waals surface area contributed by atoms with Crippen LogP contribution in [0.15, 0.2) is 140 Å². The van der Waals surface area contributed by atoms with Crippen molar-refractivity contribution in [2.45, 2.75) is 26.7 Å². The van der Waals surface area contributed by atoms with Crippen molar-refractivity contribution in [1.82, 2.24) is 9.55 Å². The van der Waals surface area contributed by atoms with E-state index in [0.717, 1.165) is 29.9 Å². The third kappa shape index (κ3) is 4.75. The zero-order chi connectivity index (χ0) is 29.2. The molecule has 0 atom stereocenters. The molecule has 0 unspecified atom stereocenters. The van der Waals surface area contributed by atoms with E-state index in [0.29, 0.717) is 0 Å². The number of benzene rings is 5. The summed E-state index contributed by atoms with van der Waals surface area (Å²) in [4.78, 5) is 5.35. The van der Waals surface area contributed by atoms with Crippen LogP contribution < -0.4 is 0 Å². The van der Waals surface area contributed by atoms with E-state index in [4.69, 9.17) is 4.98 Å². The summed E-state index contributed by atoms with van der Waals surface area (Å²) in [6, 6.07) is 47.7. The van der Waals surface area contributed by atoms with Gasteiger partial charge in [-0.15, -0.1) is 0 Å². The molecule has 1 aliphatic rings. The minimum Gasteiger partial charge on any atom is -0.293 e. The van der Waals surface area contributed by atoms with Crippen LogP contribution in [0.4, 0.5) is 0 Å². The predicted molar refractivity (Wildman–Crippen MR) is 184 cm³/mol. The highest BCUT2D eigenvalue weighted by Crippen LogP contribution is 2.39. The molecule has 0 radical (unpaired) electrons. The van der Waals surface area contributed by atoms with Gasteiger partial charge >= 0.3 is 0 Å². The maximum absolute atomic E-state index is 5.35. The number of allylic oxidation sites excluding steroid dienone is 1. The van der Waals surface area contributed by atoms with Gasteiger partial charge in [-0.2, -0.15) is 0 Å². The first-order chi connectivity index (χ1) is 21.3. The molecule has 0 N–H and O–H groups in total. The van der Waals surface area contributed by atoms with Crippen molar-refractivity contribution in [2.24, 2.45) is 0 Å². The molecule has 2 aromatic heterocycles. The first-order valence-electron chi connectivity index (χ1n) is 15.3. The van der Waals surface area contributed by atoms with Gasteiger partial charge in [0.1, 0.15) is 5.82 Å². The second-order valence-corrected chi connectivity index (χ2v) is 10.7. The molecule has 0 saturated heterocycles. The van der Waals surface area contributed by atoms with Crippen molar-refractivity contribution in [3.05, 3.63) is 151 Å². The molecule has 0 saturated carbocycles. The number of rotatable bonds is 4. The molecule has 2 heterocycles. The highest BCUT2D eigenvalue weighted by Gasteiger charge is 2.21. The largest absolute Gasteiger partial charge is 0.293 e. The summed E-state index contributed by atoms with van der Waals surface area (Å²) in [5.41, 5.74) is 10.8. The molecule has 1 aliphatic carbocycles. The lowest BCUT2D eigenvalue weighted by molar-refractivity contribution is 0.953. The lowest BCUT2D eigenvalue weighted by Crippen LogP contribution is -2.03. The van der Waals surface area contributed by atoms with Crippen molar-refractivity contribution < 1.29 is 0 Å². The summed E-state index contributed by atoms with van der Waals surface area (Å²) in [6.45, 7) is 4.00. The maximum atomic E-state index is 5.35. The summed E-state index contributed by atoms with van der Waals surface area (Å²) in [7, 11) is 0. The summed E-state index contributed by atoms with van der Waals surface area (Å²) in [5, 5.41) is 3.84. The van der Waals surface area contributed by atoms with Crippen molar-refractivity contribution in [2.75, 3.05) is 0 Å². The fourth-order valence-electron chi connectivity index (χ4n) is 6.38. The van der Waals surface area contributed by atoms with Crippen LogP contribution in [0, 0.1) is 0 Å². The van der Waals surface area contributed by atoms with Crippen LogP contribution in [0.3, 0.4) is 0 Å². The second kappa shape index (κ2) is 11.6. The first kappa shape index (κ1) is 26.7. The molecular weight excluding hydrogens is 520 g/mol. The van der Waals surface area contributed by atoms with Gasteiger partial charge in [-0.1, -0.05) is 135 Å². The molecule has 208 valence electrons. The zero-order valence-corrected chi connectivity index (χ0v) is 24.7. The Hall–Kier alpha value is -5.21. The van der Waals surface area contributed by atoms with Gasteiger partial charge in [0, 0.05) is 16.3 Å². The number of aromatic nitrogens is 2. The third-order valence-corrected chi connectivity index (χ3v) is 8.28. The van der Waals surface area contributed by atoms with Crippen LogP contribution >= 0.6 is 0 Å². The fraction of sp³-hybridized carbons (Fsp3) is 0.0976. The highest BCUT2D eigenvalue weighted by atomic mass is 15.1. The molecule has 2 nitrogen and oxygen atoms in total. The molecule has 0 spiro atoms. The van der Waals surface area contributed by atoms with Crippen molar-refractivity contribution in [1.29, 1.82) is 0 Å². The minimum absolute atomic E-state index is 0.949. The zero-order valence-electron chi connectivity index (χ0n) is 24.7. The van der Waals surface area contributed by atoms with Crippen LogP contribution in [0.2, 0.25) is 0 Å². The summed E-state index contributed by atoms with van der Waals surface area (Å²) >= 11 is 0. The van der Waals surface area contributed by atoms with Gasteiger partial charge in [0.2, 0.25) is 0 Å². The third-order valence-electron chi connectivity index (χ3n) is 8.28. The maximum Gasteiger partial charge on any atom is 0.138 e. The number of nitrogens with zero attached hydrogens (tertiary/aromatic N) is 2. The Bertz CT molecular complexity index is 2100. The van der Waals surface area contributed by atoms with Crippen molar-refractivity contribution in [3.63, 3.8) is 0 Å². The summed E-state index contributed by atoms with van der Waals surface area (Å²) in [6.07, 6.45) is 6.69. The molecule has 5 aromatic carbocycles. The average Bonchev–Trinajstić information content (AvgIpc) is 3.45. The van der Waals surface area contributed by atoms with Gasteiger partial charge in [-0.25, -0.2) is 4.98 Å². The molecular formula is C41H34N2. The number of aryl methyl sites for hydroxylation is 1. The van der Waals surface area contributed by atoms with E-state index in [1.807, 2.05) is 13.8 Å². The second-order valence-electron chi connectivity index (χ2n) is 10.7. The lowest BCUT2D eigenvalue weighted by Gasteiger charge is -2.15. The van der Waals surface area contributed by atoms with Crippen molar-refractivity contribution in [3.8, 4) is 39.3 Å². The summed E-state index contributed by atoms with van der Waals surface area (Å²) in [5.74, 6) is 0.949. The molecule has 8 rings (SSSR count). The van der Waals surface area contributed by atoms with E-state index < -0.39 is 0 Å². The van der Waals surface area contributed by atoms with Crippen LogP contribution in [-0.4, -0.2) is 9.55 Å². The number of fused-ring (bicyclic) bond motifs is 5. The van der Waals surface area contributed by atoms with E-state index in [2.05, 4.69) is 150 Å². The minimum atomic E-state index is 0.949. The van der Waals surface area contributed by atoms with E-state index in [1.54, 1.807) is 0 Å². The Labute approximate surface area is 253 Å². The van der Waals surface area contributed by atoms with Gasteiger partial charge in [-0.05, 0) is 70.3 Å². The van der Waals surface area contributed by atoms with Gasteiger partial charge in [0.15, 0.2) is 0 Å². The predicted octanol–water partition coefficient (Wildman–Crippen LogP) is 11.2. The van der Waals surface area contributed by atoms with Crippen LogP contribution in [0.5, 0.6) is 0 Å². The van der Waals surface area contributed by atoms with Crippen LogP contribution in [0.25, 0.3) is 67.1 Å². The molecule has 7 aromatic rings. The van der Waals surface area contributed by atoms with Crippen LogP contribution in [-0.2, 0) is 6.42 Å². The average molecular weight is 555 g/mol. The van der Waals surface area contributed by atoms with E-state index >= 15 is 0 Å². The Balaban J connectivity index is 0.00000147. The number of hydrogen-bond donors (Lipinski definition) is 0. The Morgan fingerprint density at radius 1 is 0.581 bits per heavy atom. The molecule has 0 aliphatic heterocycles. The first-order valence-corrected chi connectivity index (χ1v) is 15.3. The fourth-order valence-corrected chi connectivity index (χ4v) is 6.38. The highest BCUT2D eigenvalue weighted by molar-refractivity contribution is 6.09. The number of hydrogen-bond acceptors (Lipinski definition) is 1. The normalized spacial score (nSPS) is 12.1. The van der Waals surface area contributed by atoms with Gasteiger partial charge in [-0.3, -0.25) is 4.57 Å². The quantitative estimate of drug-likeness (QED) is 0.212. The van der Waals surface area contributed by atoms with E-state index in [9.17, 15) is 0 Å².